The van der Waals surface area contributed by atoms with Gasteiger partial charge in [0.15, 0.2) is 11.6 Å². The van der Waals surface area contributed by atoms with Gasteiger partial charge in [0.2, 0.25) is 0 Å². The summed E-state index contributed by atoms with van der Waals surface area (Å²) in [5.74, 6) is 0.709. The van der Waals surface area contributed by atoms with Crippen LogP contribution in [0.25, 0.3) is 23.3 Å². The van der Waals surface area contributed by atoms with Crippen molar-refractivity contribution in [2.75, 3.05) is 0 Å². The van der Waals surface area contributed by atoms with Crippen molar-refractivity contribution in [2.45, 2.75) is 6.54 Å². The van der Waals surface area contributed by atoms with Gasteiger partial charge >= 0.3 is 0 Å². The second kappa shape index (κ2) is 9.84. The molecule has 1 heterocycles. The molecule has 1 aromatic heterocycles. The topological polar surface area (TPSA) is 78.3 Å². The van der Waals surface area contributed by atoms with Crippen molar-refractivity contribution in [3.05, 3.63) is 119 Å². The Hall–Kier alpha value is -4.74. The van der Waals surface area contributed by atoms with Gasteiger partial charge in [-0.2, -0.15) is 10.5 Å². The Bertz CT molecular complexity index is 1340. The first-order valence-electron chi connectivity index (χ1n) is 10.1. The summed E-state index contributed by atoms with van der Waals surface area (Å²) in [6.07, 6.45) is 3.53. The lowest BCUT2D eigenvalue weighted by Gasteiger charge is -2.05. The fourth-order valence-electron chi connectivity index (χ4n) is 3.25. The van der Waals surface area contributed by atoms with E-state index >= 15 is 0 Å². The molecule has 0 bridgehead atoms. The third-order valence-electron chi connectivity index (χ3n) is 4.79. The third kappa shape index (κ3) is 4.87. The van der Waals surface area contributed by atoms with E-state index < -0.39 is 0 Å². The molecule has 0 saturated carbocycles. The molecule has 0 atom stereocenters. The van der Waals surface area contributed by atoms with E-state index in [4.69, 9.17) is 0 Å². The number of nitrogens with zero attached hydrogens (tertiary/aromatic N) is 5. The molecule has 0 N–H and O–H groups in total. The Balaban J connectivity index is 1.81. The molecule has 0 aliphatic rings. The van der Waals surface area contributed by atoms with Crippen LogP contribution in [0.5, 0.6) is 0 Å². The predicted molar refractivity (Wildman–Crippen MR) is 125 cm³/mol. The average molecular weight is 413 g/mol. The van der Waals surface area contributed by atoms with E-state index in [1.54, 1.807) is 16.8 Å². The van der Waals surface area contributed by atoms with Crippen molar-refractivity contribution >= 4 is 23.3 Å². The monoisotopic (exact) mass is 413 g/mol. The van der Waals surface area contributed by atoms with Gasteiger partial charge in [0.25, 0.3) is 0 Å². The van der Waals surface area contributed by atoms with Crippen molar-refractivity contribution in [2.24, 2.45) is 0 Å². The van der Waals surface area contributed by atoms with Crippen LogP contribution in [0, 0.1) is 22.7 Å². The Labute approximate surface area is 186 Å². The smallest absolute Gasteiger partial charge is 0.192 e. The lowest BCUT2D eigenvalue weighted by molar-refractivity contribution is 0.674. The molecule has 5 heteroatoms. The fourth-order valence-corrected chi connectivity index (χ4v) is 3.25. The predicted octanol–water partition coefficient (Wildman–Crippen LogP) is 5.45. The summed E-state index contributed by atoms with van der Waals surface area (Å²) < 4.78 is 1.68. The Morgan fingerprint density at radius 3 is 1.75 bits per heavy atom. The summed E-state index contributed by atoms with van der Waals surface area (Å²) in [4.78, 5) is 4.61. The number of hydrogen-bond donors (Lipinski definition) is 0. The van der Waals surface area contributed by atoms with Crippen LogP contribution in [0.1, 0.15) is 28.3 Å². The molecule has 0 aliphatic heterocycles. The van der Waals surface area contributed by atoms with Crippen LogP contribution in [0.3, 0.4) is 0 Å². The molecule has 0 spiro atoms. The molecule has 0 fully saturated rings. The zero-order chi connectivity index (χ0) is 22.2. The number of allylic oxidation sites excluding steroid dienone is 2. The minimum Gasteiger partial charge on any atom is -0.240 e. The third-order valence-corrected chi connectivity index (χ3v) is 4.79. The first-order valence-corrected chi connectivity index (χ1v) is 10.1. The molecule has 0 unspecified atom stereocenters. The molecule has 4 aromatic rings. The number of aromatic nitrogens is 3. The van der Waals surface area contributed by atoms with E-state index in [2.05, 4.69) is 22.2 Å². The highest BCUT2D eigenvalue weighted by Gasteiger charge is 2.17. The maximum Gasteiger partial charge on any atom is 0.192 e. The van der Waals surface area contributed by atoms with Gasteiger partial charge in [0.1, 0.15) is 12.1 Å². The molecular weight excluding hydrogens is 394 g/mol. The van der Waals surface area contributed by atoms with Crippen LogP contribution < -0.4 is 0 Å². The summed E-state index contributed by atoms with van der Waals surface area (Å²) in [6.45, 7) is 0.432. The van der Waals surface area contributed by atoms with Gasteiger partial charge in [-0.25, -0.2) is 9.67 Å². The van der Waals surface area contributed by atoms with Crippen LogP contribution in [-0.4, -0.2) is 14.8 Å². The first-order chi connectivity index (χ1) is 15.8. The van der Waals surface area contributed by atoms with Crippen LogP contribution in [0.2, 0.25) is 0 Å². The Kier molecular flexibility index (Phi) is 6.31. The number of benzene rings is 3. The van der Waals surface area contributed by atoms with E-state index in [0.29, 0.717) is 23.5 Å². The summed E-state index contributed by atoms with van der Waals surface area (Å²) in [7, 11) is 0. The van der Waals surface area contributed by atoms with Gasteiger partial charge in [0, 0.05) is 0 Å². The second-order valence-electron chi connectivity index (χ2n) is 7.06. The van der Waals surface area contributed by atoms with Crippen LogP contribution in [0.4, 0.5) is 0 Å². The number of rotatable bonds is 6. The van der Waals surface area contributed by atoms with E-state index in [1.165, 1.54) is 0 Å². The molecule has 0 amide bonds. The summed E-state index contributed by atoms with van der Waals surface area (Å²) in [6, 6.07) is 33.4. The normalized spacial score (nSPS) is 11.6. The highest BCUT2D eigenvalue weighted by atomic mass is 15.3. The molecule has 0 saturated heterocycles. The Morgan fingerprint density at radius 2 is 1.22 bits per heavy atom. The lowest BCUT2D eigenvalue weighted by Crippen LogP contribution is -2.06. The van der Waals surface area contributed by atoms with Gasteiger partial charge < -0.3 is 0 Å². The van der Waals surface area contributed by atoms with E-state index in [9.17, 15) is 10.5 Å². The SMILES string of the molecule is N#CC(=Cc1ccccc1)c1nc(C(C#N)=Cc2ccccc2)n(Cc2ccccc2)n1. The van der Waals surface area contributed by atoms with Gasteiger partial charge in [0.05, 0.1) is 17.7 Å². The quantitative estimate of drug-likeness (QED) is 0.394. The largest absolute Gasteiger partial charge is 0.240 e. The lowest BCUT2D eigenvalue weighted by atomic mass is 10.1. The standard InChI is InChI=1S/C27H19N5/c28-18-24(16-21-10-4-1-5-11-21)26-30-27(25(19-29)17-22-12-6-2-7-13-22)32(31-26)20-23-14-8-3-9-15-23/h1-17H,20H2. The molecule has 32 heavy (non-hydrogen) atoms. The maximum atomic E-state index is 9.89. The van der Waals surface area contributed by atoms with Crippen molar-refractivity contribution < 1.29 is 0 Å². The van der Waals surface area contributed by atoms with Crippen LogP contribution >= 0.6 is 0 Å². The summed E-state index contributed by atoms with van der Waals surface area (Å²) in [5.41, 5.74) is 3.50. The minimum absolute atomic E-state index is 0.288. The van der Waals surface area contributed by atoms with E-state index in [1.807, 2.05) is 91.0 Å². The molecule has 4 rings (SSSR count). The molecule has 152 valence electrons. The fraction of sp³-hybridized carbons (Fsp3) is 0.0370. The second-order valence-corrected chi connectivity index (χ2v) is 7.06. The number of nitriles is 2. The van der Waals surface area contributed by atoms with E-state index in [0.717, 1.165) is 16.7 Å². The molecule has 0 radical (unpaired) electrons. The van der Waals surface area contributed by atoms with Gasteiger partial charge in [-0.1, -0.05) is 91.0 Å². The Morgan fingerprint density at radius 1 is 0.719 bits per heavy atom. The van der Waals surface area contributed by atoms with E-state index in [-0.39, 0.29) is 5.82 Å². The van der Waals surface area contributed by atoms with Gasteiger partial charge in [-0.3, -0.25) is 0 Å². The zero-order valence-electron chi connectivity index (χ0n) is 17.3. The highest BCUT2D eigenvalue weighted by molar-refractivity contribution is 5.90. The molecule has 5 nitrogen and oxygen atoms in total. The van der Waals surface area contributed by atoms with Crippen LogP contribution in [-0.2, 0) is 6.54 Å². The average Bonchev–Trinajstić information content (AvgIpc) is 3.26. The molecule has 0 aliphatic carbocycles. The van der Waals surface area contributed by atoms with Gasteiger partial charge in [-0.05, 0) is 28.8 Å². The first kappa shape index (κ1) is 20.5. The minimum atomic E-state index is 0.288. The van der Waals surface area contributed by atoms with Crippen molar-refractivity contribution in [1.82, 2.24) is 14.8 Å². The van der Waals surface area contributed by atoms with Gasteiger partial charge in [-0.15, -0.1) is 5.10 Å². The molecular formula is C27H19N5. The maximum absolute atomic E-state index is 9.89. The number of hydrogen-bond acceptors (Lipinski definition) is 4. The summed E-state index contributed by atoms with van der Waals surface area (Å²) in [5, 5.41) is 24.3. The molecule has 3 aromatic carbocycles. The van der Waals surface area contributed by atoms with Crippen LogP contribution in [0.15, 0.2) is 91.0 Å². The highest BCUT2D eigenvalue weighted by Crippen LogP contribution is 2.21. The zero-order valence-corrected chi connectivity index (χ0v) is 17.3. The van der Waals surface area contributed by atoms with Crippen molar-refractivity contribution in [1.29, 1.82) is 10.5 Å². The summed E-state index contributed by atoms with van der Waals surface area (Å²) >= 11 is 0. The van der Waals surface area contributed by atoms with Crippen molar-refractivity contribution in [3.63, 3.8) is 0 Å². The van der Waals surface area contributed by atoms with Crippen molar-refractivity contribution in [3.8, 4) is 12.1 Å².